The second kappa shape index (κ2) is 12.6. The second-order valence-electron chi connectivity index (χ2n) is 8.23. The van der Waals surface area contributed by atoms with Crippen LogP contribution in [0.3, 0.4) is 0 Å². The Balaban J connectivity index is 1.43. The van der Waals surface area contributed by atoms with Crippen LogP contribution >= 0.6 is 0 Å². The Hall–Kier alpha value is -3.59. The minimum atomic E-state index is -0.941. The van der Waals surface area contributed by atoms with Gasteiger partial charge in [-0.25, -0.2) is 9.59 Å². The van der Waals surface area contributed by atoms with Crippen molar-refractivity contribution in [2.24, 2.45) is 5.92 Å². The molecule has 1 aliphatic rings. The zero-order valence-electron chi connectivity index (χ0n) is 19.5. The van der Waals surface area contributed by atoms with E-state index in [1.807, 2.05) is 42.5 Å². The van der Waals surface area contributed by atoms with Gasteiger partial charge in [0, 0.05) is 24.5 Å². The van der Waals surface area contributed by atoms with Gasteiger partial charge in [0.25, 0.3) is 5.91 Å². The molecule has 0 unspecified atom stereocenters. The highest BCUT2D eigenvalue weighted by molar-refractivity contribution is 5.93. The monoisotopic (exact) mass is 469 g/mol. The lowest BCUT2D eigenvalue weighted by Crippen LogP contribution is -2.46. The molecular weight excluding hydrogens is 438 g/mol. The van der Waals surface area contributed by atoms with Crippen molar-refractivity contribution in [1.82, 2.24) is 5.32 Å². The maximum atomic E-state index is 12.5. The molecule has 1 heterocycles. The summed E-state index contributed by atoms with van der Waals surface area (Å²) >= 11 is 0. The van der Waals surface area contributed by atoms with Crippen molar-refractivity contribution in [1.29, 1.82) is 0 Å². The Morgan fingerprint density at radius 2 is 1.65 bits per heavy atom. The molecule has 3 rings (SSSR count). The van der Waals surface area contributed by atoms with Crippen LogP contribution in [0.4, 0.5) is 16.2 Å². The van der Waals surface area contributed by atoms with Crippen LogP contribution in [0.1, 0.15) is 19.4 Å². The fourth-order valence-corrected chi connectivity index (χ4v) is 3.39. The van der Waals surface area contributed by atoms with Crippen LogP contribution in [-0.2, 0) is 30.4 Å². The van der Waals surface area contributed by atoms with Gasteiger partial charge in [-0.2, -0.15) is 0 Å². The molecule has 2 aromatic rings. The number of carbonyl (C=O) groups is 3. The van der Waals surface area contributed by atoms with Crippen molar-refractivity contribution in [3.8, 4) is 0 Å². The molecule has 0 aliphatic carbocycles. The van der Waals surface area contributed by atoms with Crippen LogP contribution < -0.4 is 15.5 Å². The zero-order valence-corrected chi connectivity index (χ0v) is 19.5. The van der Waals surface area contributed by atoms with Crippen molar-refractivity contribution in [2.45, 2.75) is 26.5 Å². The van der Waals surface area contributed by atoms with Crippen LogP contribution in [0.25, 0.3) is 0 Å². The van der Waals surface area contributed by atoms with Crippen LogP contribution in [-0.4, -0.2) is 56.9 Å². The second-order valence-corrected chi connectivity index (χ2v) is 8.23. The largest absolute Gasteiger partial charge is 0.454 e. The van der Waals surface area contributed by atoms with E-state index in [1.165, 1.54) is 0 Å². The van der Waals surface area contributed by atoms with E-state index in [4.69, 9.17) is 14.2 Å². The summed E-state index contributed by atoms with van der Waals surface area (Å²) in [4.78, 5) is 39.1. The number of ether oxygens (including phenoxy) is 3. The summed E-state index contributed by atoms with van der Waals surface area (Å²) in [5.41, 5.74) is 2.48. The topological polar surface area (TPSA) is 106 Å². The molecule has 1 fully saturated rings. The summed E-state index contributed by atoms with van der Waals surface area (Å²) in [5.74, 6) is -1.43. The van der Waals surface area contributed by atoms with Crippen LogP contribution in [0, 0.1) is 5.92 Å². The third-order valence-corrected chi connectivity index (χ3v) is 5.28. The molecule has 0 aromatic heterocycles. The first-order valence-electron chi connectivity index (χ1n) is 11.3. The Kier molecular flexibility index (Phi) is 9.28. The normalized spacial score (nSPS) is 14.3. The number of benzene rings is 2. The van der Waals surface area contributed by atoms with Gasteiger partial charge in [-0.15, -0.1) is 0 Å². The number of esters is 1. The van der Waals surface area contributed by atoms with E-state index in [0.29, 0.717) is 18.9 Å². The van der Waals surface area contributed by atoms with E-state index in [1.54, 1.807) is 26.0 Å². The Bertz CT molecular complexity index is 943. The summed E-state index contributed by atoms with van der Waals surface area (Å²) in [6, 6.07) is 15.7. The Morgan fingerprint density at radius 1 is 0.971 bits per heavy atom. The van der Waals surface area contributed by atoms with E-state index in [0.717, 1.165) is 24.3 Å². The molecule has 0 radical (unpaired) electrons. The fraction of sp³-hybridized carbons (Fsp3) is 0.400. The maximum Gasteiger partial charge on any atom is 0.408 e. The summed E-state index contributed by atoms with van der Waals surface area (Å²) in [5, 5.41) is 5.22. The predicted octanol–water partition coefficient (Wildman–Crippen LogP) is 2.96. The number of carbonyl (C=O) groups excluding carboxylic acids is 3. The average Bonchev–Trinajstić information content (AvgIpc) is 2.86. The highest BCUT2D eigenvalue weighted by atomic mass is 16.6. The lowest BCUT2D eigenvalue weighted by atomic mass is 10.1. The van der Waals surface area contributed by atoms with E-state index < -0.39 is 30.6 Å². The van der Waals surface area contributed by atoms with Gasteiger partial charge in [0.1, 0.15) is 12.6 Å². The van der Waals surface area contributed by atoms with Gasteiger partial charge in [-0.3, -0.25) is 4.79 Å². The number of hydrogen-bond acceptors (Lipinski definition) is 7. The summed E-state index contributed by atoms with van der Waals surface area (Å²) in [6.07, 6.45) is -0.732. The number of hydrogen-bond donors (Lipinski definition) is 2. The van der Waals surface area contributed by atoms with Crippen molar-refractivity contribution >= 4 is 29.3 Å². The molecule has 2 N–H and O–H groups in total. The SMILES string of the molecule is CC(C)[C@H](NC(=O)OCc1ccccc1)C(=O)OCC(=O)Nc1ccc(N2CCOCC2)cc1. The lowest BCUT2D eigenvalue weighted by Gasteiger charge is -2.28. The summed E-state index contributed by atoms with van der Waals surface area (Å²) < 4.78 is 15.7. The number of amides is 2. The lowest BCUT2D eigenvalue weighted by molar-refractivity contribution is -0.150. The van der Waals surface area contributed by atoms with Gasteiger partial charge in [0.15, 0.2) is 6.61 Å². The summed E-state index contributed by atoms with van der Waals surface area (Å²) in [7, 11) is 0. The first kappa shape index (κ1) is 25.0. The van der Waals surface area contributed by atoms with Gasteiger partial charge < -0.3 is 29.7 Å². The molecule has 9 heteroatoms. The molecular formula is C25H31N3O6. The smallest absolute Gasteiger partial charge is 0.408 e. The fourth-order valence-electron chi connectivity index (χ4n) is 3.39. The number of nitrogens with one attached hydrogen (secondary N) is 2. The number of nitrogens with zero attached hydrogens (tertiary/aromatic N) is 1. The summed E-state index contributed by atoms with van der Waals surface area (Å²) in [6.45, 7) is 6.19. The predicted molar refractivity (Wildman–Crippen MR) is 127 cm³/mol. The molecule has 182 valence electrons. The van der Waals surface area contributed by atoms with Crippen LogP contribution in [0.2, 0.25) is 0 Å². The first-order chi connectivity index (χ1) is 16.4. The van der Waals surface area contributed by atoms with Gasteiger partial charge in [-0.1, -0.05) is 44.2 Å². The minimum Gasteiger partial charge on any atom is -0.454 e. The molecule has 2 aromatic carbocycles. The molecule has 0 saturated carbocycles. The number of rotatable bonds is 9. The zero-order chi connectivity index (χ0) is 24.3. The van der Waals surface area contributed by atoms with Crippen molar-refractivity contribution in [3.63, 3.8) is 0 Å². The maximum absolute atomic E-state index is 12.5. The third kappa shape index (κ3) is 7.77. The van der Waals surface area contributed by atoms with E-state index in [2.05, 4.69) is 15.5 Å². The minimum absolute atomic E-state index is 0.0826. The number of alkyl carbamates (subject to hydrolysis) is 1. The van der Waals surface area contributed by atoms with Crippen molar-refractivity contribution < 1.29 is 28.6 Å². The standard InChI is InChI=1S/C25H31N3O6/c1-18(2)23(27-25(31)34-16-19-6-4-3-5-7-19)24(30)33-17-22(29)26-20-8-10-21(11-9-20)28-12-14-32-15-13-28/h3-11,18,23H,12-17H2,1-2H3,(H,26,29)(H,27,31)/t23-/m0/s1. The van der Waals surface area contributed by atoms with Crippen LogP contribution in [0.5, 0.6) is 0 Å². The Morgan fingerprint density at radius 3 is 2.29 bits per heavy atom. The van der Waals surface area contributed by atoms with Gasteiger partial charge in [-0.05, 0) is 35.7 Å². The first-order valence-corrected chi connectivity index (χ1v) is 11.3. The highest BCUT2D eigenvalue weighted by Gasteiger charge is 2.27. The Labute approximate surface area is 199 Å². The van der Waals surface area contributed by atoms with Gasteiger partial charge >= 0.3 is 12.1 Å². The number of morpholine rings is 1. The van der Waals surface area contributed by atoms with E-state index in [9.17, 15) is 14.4 Å². The number of anilines is 2. The molecule has 1 atom stereocenters. The molecule has 9 nitrogen and oxygen atoms in total. The molecule has 2 amide bonds. The third-order valence-electron chi connectivity index (χ3n) is 5.28. The van der Waals surface area contributed by atoms with Gasteiger partial charge in [0.2, 0.25) is 0 Å². The molecule has 34 heavy (non-hydrogen) atoms. The van der Waals surface area contributed by atoms with Gasteiger partial charge in [0.05, 0.1) is 13.2 Å². The molecule has 0 spiro atoms. The van der Waals surface area contributed by atoms with E-state index >= 15 is 0 Å². The van der Waals surface area contributed by atoms with Crippen molar-refractivity contribution in [2.75, 3.05) is 43.1 Å². The molecule has 1 saturated heterocycles. The quantitative estimate of drug-likeness (QED) is 0.544. The van der Waals surface area contributed by atoms with E-state index in [-0.39, 0.29) is 12.5 Å². The van der Waals surface area contributed by atoms with Crippen LogP contribution in [0.15, 0.2) is 54.6 Å². The highest BCUT2D eigenvalue weighted by Crippen LogP contribution is 2.19. The molecule has 1 aliphatic heterocycles. The average molecular weight is 470 g/mol. The van der Waals surface area contributed by atoms with Crippen molar-refractivity contribution in [3.05, 3.63) is 60.2 Å². The molecule has 0 bridgehead atoms.